The first-order chi connectivity index (χ1) is 13.7. The van der Waals surface area contributed by atoms with Gasteiger partial charge in [0.05, 0.1) is 16.8 Å². The van der Waals surface area contributed by atoms with Crippen LogP contribution < -0.4 is 10.2 Å². The molecule has 1 aliphatic heterocycles. The molecule has 0 saturated carbocycles. The van der Waals surface area contributed by atoms with E-state index in [4.69, 9.17) is 0 Å². The highest BCUT2D eigenvalue weighted by Crippen LogP contribution is 2.20. The smallest absolute Gasteiger partial charge is 0.101 e. The number of anilines is 2. The summed E-state index contributed by atoms with van der Waals surface area (Å²) < 4.78 is 0. The standard InChI is InChI=1S/C23H27N5/c1-19-6-4-9-22(16-19)28-14-12-27(13-15-28)11-3-2-10-26-23-20(17-24)7-5-8-21(23)18-25/h4-9,16,26H,2-3,10-15H2,1H3. The van der Waals surface area contributed by atoms with Crippen LogP contribution in [0.25, 0.3) is 0 Å². The third kappa shape index (κ3) is 5.03. The highest BCUT2D eigenvalue weighted by Gasteiger charge is 2.16. The van der Waals surface area contributed by atoms with Crippen LogP contribution in [0.2, 0.25) is 0 Å². The molecule has 0 bridgehead atoms. The van der Waals surface area contributed by atoms with Crippen molar-refractivity contribution in [1.82, 2.24) is 4.90 Å². The maximum atomic E-state index is 9.22. The summed E-state index contributed by atoms with van der Waals surface area (Å²) in [6.45, 7) is 8.34. The van der Waals surface area contributed by atoms with Crippen LogP contribution in [0.3, 0.4) is 0 Å². The van der Waals surface area contributed by atoms with Gasteiger partial charge in [0.2, 0.25) is 0 Å². The Hall–Kier alpha value is -3.02. The van der Waals surface area contributed by atoms with E-state index >= 15 is 0 Å². The van der Waals surface area contributed by atoms with Crippen molar-refractivity contribution in [3.63, 3.8) is 0 Å². The molecule has 0 spiro atoms. The Bertz CT molecular complexity index is 837. The molecule has 5 heteroatoms. The second kappa shape index (κ2) is 9.78. The lowest BCUT2D eigenvalue weighted by Gasteiger charge is -2.36. The van der Waals surface area contributed by atoms with Gasteiger partial charge in [0.15, 0.2) is 0 Å². The predicted molar refractivity (Wildman–Crippen MR) is 113 cm³/mol. The van der Waals surface area contributed by atoms with Crippen molar-refractivity contribution in [1.29, 1.82) is 10.5 Å². The molecular weight excluding hydrogens is 346 g/mol. The highest BCUT2D eigenvalue weighted by molar-refractivity contribution is 5.66. The molecule has 0 atom stereocenters. The summed E-state index contributed by atoms with van der Waals surface area (Å²) >= 11 is 0. The fraction of sp³-hybridized carbons (Fsp3) is 0.391. The van der Waals surface area contributed by atoms with E-state index in [0.717, 1.165) is 52.1 Å². The van der Waals surface area contributed by atoms with E-state index in [1.807, 2.05) is 0 Å². The molecule has 0 unspecified atom stereocenters. The van der Waals surface area contributed by atoms with Gasteiger partial charge in [-0.2, -0.15) is 10.5 Å². The molecule has 2 aromatic rings. The van der Waals surface area contributed by atoms with Gasteiger partial charge in [-0.3, -0.25) is 4.90 Å². The van der Waals surface area contributed by atoms with Gasteiger partial charge < -0.3 is 10.2 Å². The molecular formula is C23H27N5. The van der Waals surface area contributed by atoms with Crippen LogP contribution in [-0.4, -0.2) is 44.2 Å². The average molecular weight is 374 g/mol. The fourth-order valence-electron chi connectivity index (χ4n) is 3.66. The Morgan fingerprint density at radius 1 is 0.929 bits per heavy atom. The first-order valence-corrected chi connectivity index (χ1v) is 9.92. The zero-order valence-electron chi connectivity index (χ0n) is 16.5. The Morgan fingerprint density at radius 2 is 1.61 bits per heavy atom. The molecule has 144 valence electrons. The van der Waals surface area contributed by atoms with Gasteiger partial charge in [0, 0.05) is 38.4 Å². The Morgan fingerprint density at radius 3 is 2.25 bits per heavy atom. The summed E-state index contributed by atoms with van der Waals surface area (Å²) in [5, 5.41) is 21.7. The van der Waals surface area contributed by atoms with Crippen molar-refractivity contribution in [3.05, 3.63) is 59.2 Å². The van der Waals surface area contributed by atoms with Crippen LogP contribution >= 0.6 is 0 Å². The highest BCUT2D eigenvalue weighted by atomic mass is 15.3. The van der Waals surface area contributed by atoms with Gasteiger partial charge in [0.25, 0.3) is 0 Å². The average Bonchev–Trinajstić information content (AvgIpc) is 2.74. The van der Waals surface area contributed by atoms with Gasteiger partial charge in [-0.1, -0.05) is 18.2 Å². The predicted octanol–water partition coefficient (Wildman–Crippen LogP) is 3.75. The molecule has 3 rings (SSSR count). The SMILES string of the molecule is Cc1cccc(N2CCN(CCCCNc3c(C#N)cccc3C#N)CC2)c1. The van der Waals surface area contributed by atoms with Crippen molar-refractivity contribution in [2.75, 3.05) is 49.5 Å². The summed E-state index contributed by atoms with van der Waals surface area (Å²) in [5.74, 6) is 0. The summed E-state index contributed by atoms with van der Waals surface area (Å²) in [4.78, 5) is 4.99. The molecule has 1 fully saturated rings. The molecule has 2 aromatic carbocycles. The topological polar surface area (TPSA) is 66.1 Å². The first kappa shape index (κ1) is 19.7. The largest absolute Gasteiger partial charge is 0.383 e. The molecule has 1 heterocycles. The summed E-state index contributed by atoms with van der Waals surface area (Å²) in [6, 6.07) is 18.3. The minimum Gasteiger partial charge on any atom is -0.383 e. The van der Waals surface area contributed by atoms with E-state index in [2.05, 4.69) is 58.4 Å². The zero-order valence-corrected chi connectivity index (χ0v) is 16.5. The number of hydrogen-bond donors (Lipinski definition) is 1. The number of nitrogens with one attached hydrogen (secondary N) is 1. The molecule has 0 amide bonds. The monoisotopic (exact) mass is 373 g/mol. The molecule has 1 N–H and O–H groups in total. The Labute approximate surface area is 167 Å². The summed E-state index contributed by atoms with van der Waals surface area (Å²) in [5.41, 5.74) is 4.37. The maximum Gasteiger partial charge on any atom is 0.101 e. The number of nitrogens with zero attached hydrogens (tertiary/aromatic N) is 4. The summed E-state index contributed by atoms with van der Waals surface area (Å²) in [7, 11) is 0. The van der Waals surface area contributed by atoms with E-state index in [-0.39, 0.29) is 0 Å². The molecule has 1 saturated heterocycles. The van der Waals surface area contributed by atoms with E-state index in [1.54, 1.807) is 18.2 Å². The summed E-state index contributed by atoms with van der Waals surface area (Å²) in [6.07, 6.45) is 2.12. The normalized spacial score (nSPS) is 14.3. The van der Waals surface area contributed by atoms with Crippen LogP contribution in [0, 0.1) is 29.6 Å². The van der Waals surface area contributed by atoms with E-state index in [0.29, 0.717) is 16.8 Å². The number of unbranched alkanes of at least 4 members (excludes halogenated alkanes) is 1. The minimum atomic E-state index is 0.534. The molecule has 28 heavy (non-hydrogen) atoms. The second-order valence-corrected chi connectivity index (χ2v) is 7.25. The lowest BCUT2D eigenvalue weighted by atomic mass is 10.1. The van der Waals surface area contributed by atoms with Gasteiger partial charge in [0.1, 0.15) is 12.1 Å². The van der Waals surface area contributed by atoms with Gasteiger partial charge in [-0.05, 0) is 56.1 Å². The van der Waals surface area contributed by atoms with Gasteiger partial charge in [-0.25, -0.2) is 0 Å². The van der Waals surface area contributed by atoms with E-state index in [1.165, 1.54) is 11.3 Å². The quantitative estimate of drug-likeness (QED) is 0.749. The van der Waals surface area contributed by atoms with Crippen LogP contribution in [0.4, 0.5) is 11.4 Å². The van der Waals surface area contributed by atoms with Crippen molar-refractivity contribution in [2.24, 2.45) is 0 Å². The lowest BCUT2D eigenvalue weighted by molar-refractivity contribution is 0.254. The number of para-hydroxylation sites is 1. The van der Waals surface area contributed by atoms with Crippen molar-refractivity contribution in [2.45, 2.75) is 19.8 Å². The first-order valence-electron chi connectivity index (χ1n) is 9.92. The Kier molecular flexibility index (Phi) is 6.89. The zero-order chi connectivity index (χ0) is 19.8. The van der Waals surface area contributed by atoms with Crippen molar-refractivity contribution < 1.29 is 0 Å². The van der Waals surface area contributed by atoms with E-state index in [9.17, 15) is 10.5 Å². The number of benzene rings is 2. The number of hydrogen-bond acceptors (Lipinski definition) is 5. The molecule has 5 nitrogen and oxygen atoms in total. The van der Waals surface area contributed by atoms with Crippen molar-refractivity contribution in [3.8, 4) is 12.1 Å². The minimum absolute atomic E-state index is 0.534. The fourth-order valence-corrected chi connectivity index (χ4v) is 3.66. The van der Waals surface area contributed by atoms with Crippen LogP contribution in [0.15, 0.2) is 42.5 Å². The molecule has 0 aromatic heterocycles. The number of aryl methyl sites for hydroxylation is 1. The van der Waals surface area contributed by atoms with Crippen LogP contribution in [-0.2, 0) is 0 Å². The third-order valence-electron chi connectivity index (χ3n) is 5.25. The Balaban J connectivity index is 1.38. The number of rotatable bonds is 7. The maximum absolute atomic E-state index is 9.22. The van der Waals surface area contributed by atoms with Gasteiger partial charge >= 0.3 is 0 Å². The molecule has 0 radical (unpaired) electrons. The van der Waals surface area contributed by atoms with Gasteiger partial charge in [-0.15, -0.1) is 0 Å². The third-order valence-corrected chi connectivity index (χ3v) is 5.25. The van der Waals surface area contributed by atoms with Crippen molar-refractivity contribution >= 4 is 11.4 Å². The number of piperazine rings is 1. The lowest BCUT2D eigenvalue weighted by Crippen LogP contribution is -2.46. The second-order valence-electron chi connectivity index (χ2n) is 7.25. The molecule has 0 aliphatic carbocycles. The number of nitriles is 2. The van der Waals surface area contributed by atoms with Crippen LogP contribution in [0.1, 0.15) is 29.5 Å². The van der Waals surface area contributed by atoms with Crippen LogP contribution in [0.5, 0.6) is 0 Å². The van der Waals surface area contributed by atoms with E-state index < -0.39 is 0 Å². The molecule has 1 aliphatic rings.